The maximum Gasteiger partial charge on any atom is 0.332 e. The molecule has 0 fully saturated rings. The van der Waals surface area contributed by atoms with E-state index in [1.54, 1.807) is 0 Å². The summed E-state index contributed by atoms with van der Waals surface area (Å²) in [6, 6.07) is 27.2. The zero-order valence-corrected chi connectivity index (χ0v) is 15.1. The van der Waals surface area contributed by atoms with Crippen molar-refractivity contribution < 1.29 is 9.90 Å². The van der Waals surface area contributed by atoms with Crippen molar-refractivity contribution in [2.75, 3.05) is 0 Å². The second-order valence-corrected chi connectivity index (χ2v) is 6.07. The van der Waals surface area contributed by atoms with Crippen LogP contribution in [0.25, 0.3) is 5.57 Å². The largest absolute Gasteiger partial charge is 0.478 e. The second kappa shape index (κ2) is 8.69. The molecule has 0 saturated heterocycles. The Bertz CT molecular complexity index is 1000. The topological polar surface area (TPSA) is 37.3 Å². The highest BCUT2D eigenvalue weighted by molar-refractivity contribution is 6.00. The first kappa shape index (κ1) is 18.2. The quantitative estimate of drug-likeness (QED) is 0.505. The van der Waals surface area contributed by atoms with E-state index >= 15 is 0 Å². The van der Waals surface area contributed by atoms with E-state index in [4.69, 9.17) is 0 Å². The smallest absolute Gasteiger partial charge is 0.332 e. The lowest BCUT2D eigenvalue weighted by molar-refractivity contribution is -0.132. The van der Waals surface area contributed by atoms with E-state index < -0.39 is 5.97 Å². The molecule has 0 spiro atoms. The van der Waals surface area contributed by atoms with Gasteiger partial charge in [-0.25, -0.2) is 4.79 Å². The minimum Gasteiger partial charge on any atom is -0.478 e. The minimum atomic E-state index is -0.885. The van der Waals surface area contributed by atoms with E-state index in [-0.39, 0.29) is 0 Å². The van der Waals surface area contributed by atoms with Gasteiger partial charge < -0.3 is 5.11 Å². The highest BCUT2D eigenvalue weighted by Gasteiger charge is 2.16. The van der Waals surface area contributed by atoms with Gasteiger partial charge in [-0.1, -0.05) is 79.4 Å². The summed E-state index contributed by atoms with van der Waals surface area (Å²) in [5.74, 6) is 5.40. The molecule has 0 radical (unpaired) electrons. The Morgan fingerprint density at radius 1 is 0.741 bits per heavy atom. The minimum absolute atomic E-state index is 0.407. The van der Waals surface area contributed by atoms with E-state index in [0.717, 1.165) is 27.8 Å². The van der Waals surface area contributed by atoms with Gasteiger partial charge in [0.25, 0.3) is 0 Å². The molecule has 3 aromatic carbocycles. The van der Waals surface area contributed by atoms with Gasteiger partial charge in [-0.3, -0.25) is 0 Å². The number of hydrogen-bond acceptors (Lipinski definition) is 1. The lowest BCUT2D eigenvalue weighted by Gasteiger charge is -2.13. The fraction of sp³-hybridized carbons (Fsp3) is 0.0800. The van der Waals surface area contributed by atoms with E-state index in [9.17, 15) is 9.90 Å². The van der Waals surface area contributed by atoms with Gasteiger partial charge in [-0.05, 0) is 47.4 Å². The van der Waals surface area contributed by atoms with Gasteiger partial charge in [0.2, 0.25) is 0 Å². The monoisotopic (exact) mass is 352 g/mol. The highest BCUT2D eigenvalue weighted by atomic mass is 16.4. The lowest BCUT2D eigenvalue weighted by atomic mass is 9.91. The highest BCUT2D eigenvalue weighted by Crippen LogP contribution is 2.29. The number of carbonyl (C=O) groups is 1. The molecule has 3 aromatic rings. The molecule has 0 saturated carbocycles. The molecule has 27 heavy (non-hydrogen) atoms. The first-order chi connectivity index (χ1) is 13.2. The van der Waals surface area contributed by atoms with Crippen molar-refractivity contribution in [3.63, 3.8) is 0 Å². The van der Waals surface area contributed by atoms with E-state index in [1.807, 2.05) is 91.9 Å². The number of carboxylic acids is 1. The van der Waals surface area contributed by atoms with Gasteiger partial charge >= 0.3 is 5.97 Å². The number of aliphatic carboxylic acids is 1. The van der Waals surface area contributed by atoms with Crippen LogP contribution >= 0.6 is 0 Å². The van der Waals surface area contributed by atoms with Crippen LogP contribution in [-0.4, -0.2) is 11.1 Å². The molecule has 2 nitrogen and oxygen atoms in total. The zero-order valence-electron chi connectivity index (χ0n) is 15.1. The first-order valence-corrected chi connectivity index (χ1v) is 8.88. The molecule has 2 heteroatoms. The van der Waals surface area contributed by atoms with Crippen LogP contribution in [0.2, 0.25) is 0 Å². The first-order valence-electron chi connectivity index (χ1n) is 8.88. The fourth-order valence-corrected chi connectivity index (χ4v) is 2.94. The Morgan fingerprint density at radius 3 is 1.74 bits per heavy atom. The Morgan fingerprint density at radius 2 is 1.22 bits per heavy atom. The summed E-state index contributed by atoms with van der Waals surface area (Å²) in [4.78, 5) is 11.8. The number of benzene rings is 3. The Kier molecular flexibility index (Phi) is 5.87. The predicted octanol–water partition coefficient (Wildman–Crippen LogP) is 5.38. The molecule has 132 valence electrons. The standard InChI is InChI=1S/C25H20O2/c1-2-23(25(26)27)24(21-11-7-4-8-12-21)22-17-15-20(16-18-22)14-13-19-9-5-3-6-10-19/h3-12,15-18H,2H2,1H3,(H,26,27). The Labute approximate surface area is 159 Å². The van der Waals surface area contributed by atoms with Gasteiger partial charge in [0.05, 0.1) is 0 Å². The van der Waals surface area contributed by atoms with Crippen LogP contribution < -0.4 is 0 Å². The van der Waals surface area contributed by atoms with Crippen molar-refractivity contribution in [3.8, 4) is 11.8 Å². The molecular weight excluding hydrogens is 332 g/mol. The lowest BCUT2D eigenvalue weighted by Crippen LogP contribution is -2.04. The van der Waals surface area contributed by atoms with Gasteiger partial charge in [0, 0.05) is 16.7 Å². The maximum atomic E-state index is 11.8. The van der Waals surface area contributed by atoms with Crippen LogP contribution in [0.3, 0.4) is 0 Å². The van der Waals surface area contributed by atoms with Crippen LogP contribution in [0.5, 0.6) is 0 Å². The molecule has 0 aromatic heterocycles. The molecule has 0 aliphatic rings. The third kappa shape index (κ3) is 4.54. The molecule has 0 aliphatic heterocycles. The van der Waals surface area contributed by atoms with E-state index in [1.165, 1.54) is 0 Å². The SMILES string of the molecule is CCC(C(=O)O)=C(c1ccccc1)c1ccc(C#Cc2ccccc2)cc1. The molecule has 1 N–H and O–H groups in total. The van der Waals surface area contributed by atoms with Crippen molar-refractivity contribution in [2.24, 2.45) is 0 Å². The van der Waals surface area contributed by atoms with Gasteiger partial charge in [-0.15, -0.1) is 0 Å². The van der Waals surface area contributed by atoms with Gasteiger partial charge in [0.1, 0.15) is 0 Å². The van der Waals surface area contributed by atoms with Crippen LogP contribution in [-0.2, 0) is 4.79 Å². The van der Waals surface area contributed by atoms with Crippen molar-refractivity contribution in [2.45, 2.75) is 13.3 Å². The molecule has 0 heterocycles. The molecule has 0 atom stereocenters. The number of rotatable bonds is 4. The normalized spacial score (nSPS) is 11.1. The van der Waals surface area contributed by atoms with Crippen LogP contribution in [0, 0.1) is 11.8 Å². The summed E-state index contributed by atoms with van der Waals surface area (Å²) in [5, 5.41) is 9.65. The van der Waals surface area contributed by atoms with Crippen molar-refractivity contribution in [3.05, 3.63) is 113 Å². The average Bonchev–Trinajstić information content (AvgIpc) is 2.72. The van der Waals surface area contributed by atoms with Crippen LogP contribution in [0.1, 0.15) is 35.6 Å². The molecule has 0 bridgehead atoms. The summed E-state index contributed by atoms with van der Waals surface area (Å²) < 4.78 is 0. The Balaban J connectivity index is 2.00. The maximum absolute atomic E-state index is 11.8. The van der Waals surface area contributed by atoms with E-state index in [0.29, 0.717) is 12.0 Å². The third-order valence-electron chi connectivity index (χ3n) is 4.27. The van der Waals surface area contributed by atoms with Gasteiger partial charge in [-0.2, -0.15) is 0 Å². The summed E-state index contributed by atoms with van der Waals surface area (Å²) in [5.41, 5.74) is 4.80. The summed E-state index contributed by atoms with van der Waals surface area (Å²) >= 11 is 0. The summed E-state index contributed by atoms with van der Waals surface area (Å²) in [7, 11) is 0. The average molecular weight is 352 g/mol. The summed E-state index contributed by atoms with van der Waals surface area (Å²) in [6.07, 6.45) is 0.453. The molecule has 0 unspecified atom stereocenters. The molecule has 0 aliphatic carbocycles. The number of hydrogen-bond donors (Lipinski definition) is 1. The zero-order chi connectivity index (χ0) is 19.1. The van der Waals surface area contributed by atoms with Crippen LogP contribution in [0.15, 0.2) is 90.5 Å². The van der Waals surface area contributed by atoms with Crippen LogP contribution in [0.4, 0.5) is 0 Å². The second-order valence-electron chi connectivity index (χ2n) is 6.07. The van der Waals surface area contributed by atoms with Gasteiger partial charge in [0.15, 0.2) is 0 Å². The molecular formula is C25H20O2. The number of carboxylic acid groups (broad SMARTS) is 1. The molecule has 3 rings (SSSR count). The molecule has 0 amide bonds. The summed E-state index contributed by atoms with van der Waals surface area (Å²) in [6.45, 7) is 1.87. The third-order valence-corrected chi connectivity index (χ3v) is 4.27. The Hall–Kier alpha value is -3.57. The van der Waals surface area contributed by atoms with Crippen molar-refractivity contribution in [1.82, 2.24) is 0 Å². The van der Waals surface area contributed by atoms with Crippen molar-refractivity contribution >= 4 is 11.5 Å². The predicted molar refractivity (Wildman–Crippen MR) is 109 cm³/mol. The van der Waals surface area contributed by atoms with Crippen molar-refractivity contribution in [1.29, 1.82) is 0 Å². The van der Waals surface area contributed by atoms with E-state index in [2.05, 4.69) is 11.8 Å². The fourth-order valence-electron chi connectivity index (χ4n) is 2.94.